The lowest BCUT2D eigenvalue weighted by Gasteiger charge is -2.36. The van der Waals surface area contributed by atoms with Gasteiger partial charge in [0.25, 0.3) is 0 Å². The van der Waals surface area contributed by atoms with E-state index in [9.17, 15) is 5.26 Å². The molecule has 0 N–H and O–H groups in total. The monoisotopic (exact) mass is 377 g/mol. The first-order valence-corrected chi connectivity index (χ1v) is 11.1. The predicted molar refractivity (Wildman–Crippen MR) is 107 cm³/mol. The summed E-state index contributed by atoms with van der Waals surface area (Å²) in [6, 6.07) is 2.48. The zero-order valence-corrected chi connectivity index (χ0v) is 17.1. The smallest absolute Gasteiger partial charge is 0.134 e. The van der Waals surface area contributed by atoms with Gasteiger partial charge >= 0.3 is 0 Å². The number of unbranched alkanes of at least 4 members (excludes halogenated alkanes) is 1. The molecular formula is C19H27N3OS2. The molecule has 136 valence electrons. The summed E-state index contributed by atoms with van der Waals surface area (Å²) in [7, 11) is 0. The predicted octanol–water partition coefficient (Wildman–Crippen LogP) is 4.25. The van der Waals surface area contributed by atoms with Crippen LogP contribution in [-0.4, -0.2) is 41.8 Å². The van der Waals surface area contributed by atoms with Gasteiger partial charge in [-0.1, -0.05) is 27.2 Å². The van der Waals surface area contributed by atoms with Crippen molar-refractivity contribution in [1.82, 2.24) is 4.98 Å². The van der Waals surface area contributed by atoms with E-state index in [1.54, 1.807) is 11.8 Å². The summed E-state index contributed by atoms with van der Waals surface area (Å²) in [5, 5.41) is 10.8. The van der Waals surface area contributed by atoms with Crippen LogP contribution in [0.3, 0.4) is 0 Å². The molecule has 3 rings (SSSR count). The SMILES string of the molecule is CCCCSc1nc(N2CCOCC2)c2c(c1C#N)CC(C)(C)SC2. The number of nitriles is 1. The number of thioether (sulfide) groups is 2. The molecule has 1 aromatic rings. The van der Waals surface area contributed by atoms with Crippen LogP contribution in [0, 0.1) is 11.3 Å². The fourth-order valence-electron chi connectivity index (χ4n) is 3.30. The maximum Gasteiger partial charge on any atom is 0.134 e. The van der Waals surface area contributed by atoms with E-state index in [4.69, 9.17) is 9.72 Å². The average molecular weight is 378 g/mol. The van der Waals surface area contributed by atoms with Crippen molar-refractivity contribution in [3.05, 3.63) is 16.7 Å². The summed E-state index contributed by atoms with van der Waals surface area (Å²) in [5.74, 6) is 3.06. The summed E-state index contributed by atoms with van der Waals surface area (Å²) in [6.45, 7) is 10.0. The number of ether oxygens (including phenoxy) is 1. The first-order chi connectivity index (χ1) is 12.1. The van der Waals surface area contributed by atoms with Gasteiger partial charge in [-0.05, 0) is 24.2 Å². The maximum atomic E-state index is 9.86. The zero-order valence-electron chi connectivity index (χ0n) is 15.4. The molecule has 0 unspecified atom stereocenters. The number of fused-ring (bicyclic) bond motifs is 1. The van der Waals surface area contributed by atoms with Gasteiger partial charge in [-0.2, -0.15) is 17.0 Å². The molecule has 1 aromatic heterocycles. The summed E-state index contributed by atoms with van der Waals surface area (Å²) >= 11 is 3.72. The topological polar surface area (TPSA) is 49.2 Å². The van der Waals surface area contributed by atoms with E-state index in [-0.39, 0.29) is 4.75 Å². The van der Waals surface area contributed by atoms with Crippen molar-refractivity contribution >= 4 is 29.3 Å². The van der Waals surface area contributed by atoms with Crippen molar-refractivity contribution in [2.75, 3.05) is 37.0 Å². The van der Waals surface area contributed by atoms with Gasteiger partial charge in [-0.3, -0.25) is 0 Å². The van der Waals surface area contributed by atoms with Crippen molar-refractivity contribution in [1.29, 1.82) is 5.26 Å². The van der Waals surface area contributed by atoms with Crippen molar-refractivity contribution in [2.45, 2.75) is 55.6 Å². The summed E-state index contributed by atoms with van der Waals surface area (Å²) in [4.78, 5) is 7.35. The first-order valence-electron chi connectivity index (χ1n) is 9.11. The van der Waals surface area contributed by atoms with Crippen molar-refractivity contribution < 1.29 is 4.74 Å². The third kappa shape index (κ3) is 4.27. The normalized spacial score (nSPS) is 19.4. The van der Waals surface area contributed by atoms with E-state index in [0.717, 1.165) is 67.1 Å². The third-order valence-corrected chi connectivity index (χ3v) is 7.15. The fraction of sp³-hybridized carbons (Fsp3) is 0.684. The van der Waals surface area contributed by atoms with Gasteiger partial charge in [-0.25, -0.2) is 4.98 Å². The molecule has 0 atom stereocenters. The number of nitrogens with zero attached hydrogens (tertiary/aromatic N) is 3. The highest BCUT2D eigenvalue weighted by Crippen LogP contribution is 2.44. The van der Waals surface area contributed by atoms with Gasteiger partial charge in [0.05, 0.1) is 18.8 Å². The molecule has 1 fully saturated rings. The Morgan fingerprint density at radius 2 is 2.08 bits per heavy atom. The second kappa shape index (κ2) is 8.20. The van der Waals surface area contributed by atoms with Gasteiger partial charge < -0.3 is 9.64 Å². The Hall–Kier alpha value is -0.900. The molecule has 0 aliphatic carbocycles. The van der Waals surface area contributed by atoms with E-state index in [1.165, 1.54) is 17.5 Å². The van der Waals surface area contributed by atoms with Crippen LogP contribution >= 0.6 is 23.5 Å². The van der Waals surface area contributed by atoms with Crippen LogP contribution in [0.1, 0.15) is 50.3 Å². The minimum absolute atomic E-state index is 0.174. The lowest BCUT2D eigenvalue weighted by molar-refractivity contribution is 0.122. The van der Waals surface area contributed by atoms with Crippen LogP contribution in [0.4, 0.5) is 5.82 Å². The van der Waals surface area contributed by atoms with E-state index in [2.05, 4.69) is 31.7 Å². The van der Waals surface area contributed by atoms with Crippen LogP contribution in [-0.2, 0) is 16.9 Å². The minimum Gasteiger partial charge on any atom is -0.378 e. The van der Waals surface area contributed by atoms with Gasteiger partial charge in [0.2, 0.25) is 0 Å². The first kappa shape index (κ1) is 18.9. The number of morpholine rings is 1. The van der Waals surface area contributed by atoms with E-state index in [0.29, 0.717) is 0 Å². The number of pyridine rings is 1. The standard InChI is InChI=1S/C19H27N3OS2/c1-4-5-10-24-18-15(12-20)14-11-19(2,3)25-13-16(14)17(21-18)22-6-8-23-9-7-22/h4-11,13H2,1-3H3. The Morgan fingerprint density at radius 1 is 1.32 bits per heavy atom. The van der Waals surface area contributed by atoms with Crippen molar-refractivity contribution in [3.63, 3.8) is 0 Å². The molecule has 25 heavy (non-hydrogen) atoms. The lowest BCUT2D eigenvalue weighted by Crippen LogP contribution is -2.38. The Morgan fingerprint density at radius 3 is 2.76 bits per heavy atom. The second-order valence-corrected chi connectivity index (χ2v) is 9.98. The Kier molecular flexibility index (Phi) is 6.19. The number of hydrogen-bond acceptors (Lipinski definition) is 6. The van der Waals surface area contributed by atoms with Crippen molar-refractivity contribution in [2.24, 2.45) is 0 Å². The molecular weight excluding hydrogens is 350 g/mol. The molecule has 2 aliphatic heterocycles. The van der Waals surface area contributed by atoms with Crippen LogP contribution in [0.5, 0.6) is 0 Å². The minimum atomic E-state index is 0.174. The Balaban J connectivity index is 2.05. The highest BCUT2D eigenvalue weighted by molar-refractivity contribution is 8.00. The second-order valence-electron chi connectivity index (χ2n) is 7.21. The molecule has 4 nitrogen and oxygen atoms in total. The van der Waals surface area contributed by atoms with E-state index < -0.39 is 0 Å². The van der Waals surface area contributed by atoms with E-state index >= 15 is 0 Å². The number of hydrogen-bond donors (Lipinski definition) is 0. The molecule has 0 aromatic carbocycles. The Bertz CT molecular complexity index is 664. The molecule has 6 heteroatoms. The van der Waals surface area contributed by atoms with Gasteiger partial charge in [0.15, 0.2) is 0 Å². The quantitative estimate of drug-likeness (QED) is 0.565. The summed E-state index contributed by atoms with van der Waals surface area (Å²) in [5.41, 5.74) is 3.34. The van der Waals surface area contributed by atoms with Crippen molar-refractivity contribution in [3.8, 4) is 6.07 Å². The third-order valence-electron chi connectivity index (χ3n) is 4.73. The van der Waals surface area contributed by atoms with Crippen LogP contribution < -0.4 is 4.90 Å². The largest absolute Gasteiger partial charge is 0.378 e. The average Bonchev–Trinajstić information content (AvgIpc) is 2.61. The number of rotatable bonds is 5. The molecule has 1 saturated heterocycles. The van der Waals surface area contributed by atoms with E-state index in [1.807, 2.05) is 11.8 Å². The molecule has 0 spiro atoms. The maximum absolute atomic E-state index is 9.86. The fourth-order valence-corrected chi connectivity index (χ4v) is 5.47. The molecule has 2 aliphatic rings. The molecule has 0 bridgehead atoms. The Labute approximate surface area is 159 Å². The lowest BCUT2D eigenvalue weighted by atomic mass is 9.94. The van der Waals surface area contributed by atoms with Crippen LogP contribution in [0.25, 0.3) is 0 Å². The number of aromatic nitrogens is 1. The molecule has 0 radical (unpaired) electrons. The zero-order chi connectivity index (χ0) is 17.9. The number of anilines is 1. The highest BCUT2D eigenvalue weighted by Gasteiger charge is 2.33. The summed E-state index contributed by atoms with van der Waals surface area (Å²) in [6.07, 6.45) is 3.26. The van der Waals surface area contributed by atoms with Gasteiger partial charge in [-0.15, -0.1) is 11.8 Å². The molecule has 3 heterocycles. The molecule has 0 amide bonds. The molecule has 0 saturated carbocycles. The van der Waals surface area contributed by atoms with Crippen LogP contribution in [0.2, 0.25) is 0 Å². The van der Waals surface area contributed by atoms with Gasteiger partial charge in [0.1, 0.15) is 16.9 Å². The highest BCUT2D eigenvalue weighted by atomic mass is 32.2. The summed E-state index contributed by atoms with van der Waals surface area (Å²) < 4.78 is 5.69. The van der Waals surface area contributed by atoms with Gasteiger partial charge in [0, 0.05) is 29.2 Å². The van der Waals surface area contributed by atoms with Crippen LogP contribution in [0.15, 0.2) is 5.03 Å².